The highest BCUT2D eigenvalue weighted by Crippen LogP contribution is 2.40. The third-order valence-corrected chi connectivity index (χ3v) is 8.44. The van der Waals surface area contributed by atoms with Crippen molar-refractivity contribution in [3.8, 4) is 11.5 Å². The molecule has 0 bridgehead atoms. The molecule has 2 aromatic heterocycles. The molecule has 0 spiro atoms. The molecule has 2 fully saturated rings. The van der Waals surface area contributed by atoms with Gasteiger partial charge in [-0.1, -0.05) is 13.3 Å². The number of aliphatic carboxylic acids is 1. The number of ether oxygens (including phenoxy) is 2. The Morgan fingerprint density at radius 1 is 1.12 bits per heavy atom. The third-order valence-electron chi connectivity index (χ3n) is 8.44. The number of carbonyl (C=O) groups is 3. The van der Waals surface area contributed by atoms with Crippen molar-refractivity contribution in [2.24, 2.45) is 10.8 Å². The first-order valence-electron chi connectivity index (χ1n) is 13.7. The van der Waals surface area contributed by atoms with Crippen LogP contribution in [0.2, 0.25) is 0 Å². The normalized spacial score (nSPS) is 21.5. The van der Waals surface area contributed by atoms with E-state index in [9.17, 15) is 23.9 Å². The Kier molecular flexibility index (Phi) is 7.58. The second-order valence-electron chi connectivity index (χ2n) is 11.6. The fraction of sp³-hybridized carbons (Fsp3) is 0.483. The van der Waals surface area contributed by atoms with E-state index in [1.54, 1.807) is 19.2 Å². The topological polar surface area (TPSA) is 144 Å². The summed E-state index contributed by atoms with van der Waals surface area (Å²) in [7, 11) is 1.31. The van der Waals surface area contributed by atoms with Crippen LogP contribution in [0.15, 0.2) is 30.6 Å². The monoisotopic (exact) mass is 567 g/mol. The van der Waals surface area contributed by atoms with E-state index in [2.05, 4.69) is 27.6 Å². The number of rotatable bonds is 9. The van der Waals surface area contributed by atoms with Crippen LogP contribution in [-0.4, -0.2) is 57.2 Å². The predicted molar refractivity (Wildman–Crippen MR) is 147 cm³/mol. The van der Waals surface area contributed by atoms with Crippen LogP contribution in [0.1, 0.15) is 79.5 Å². The summed E-state index contributed by atoms with van der Waals surface area (Å²) >= 11 is 0. The molecule has 2 amide bonds. The summed E-state index contributed by atoms with van der Waals surface area (Å²) in [5, 5.41) is 19.5. The second kappa shape index (κ2) is 11.0. The number of methoxy groups -OCH3 is 1. The smallest absolute Gasteiger partial charge is 0.309 e. The molecule has 2 heterocycles. The second-order valence-corrected chi connectivity index (χ2v) is 11.6. The lowest BCUT2D eigenvalue weighted by Crippen LogP contribution is -2.40. The van der Waals surface area contributed by atoms with Crippen LogP contribution in [0.4, 0.5) is 10.2 Å². The van der Waals surface area contributed by atoms with Crippen molar-refractivity contribution in [3.05, 3.63) is 47.5 Å². The van der Waals surface area contributed by atoms with Crippen molar-refractivity contribution < 1.29 is 33.4 Å². The molecule has 11 nitrogen and oxygen atoms in total. The van der Waals surface area contributed by atoms with Gasteiger partial charge in [-0.15, -0.1) is 5.10 Å². The molecular formula is C29H34FN5O6. The predicted octanol–water partition coefficient (Wildman–Crippen LogP) is 4.46. The molecule has 2 aliphatic rings. The quantitative estimate of drug-likeness (QED) is 0.344. The number of hydrogen-bond acceptors (Lipinski definition) is 7. The molecule has 5 rings (SSSR count). The standard InChI is InChI=1S/C29H34FN5O6/c1-28(8-4-9-28)16-32-26(37)22-23(34-35-13-5-12-31-24(22)35)33-25(36)18-14-21(19(30)15-20(18)40-3)41-17-6-10-29(2,11-7-17)27(38)39/h5,12-15,17H,4,6-11,16H2,1-3H3,(H,32,37)(H,38,39)(H,33,34,36)/t17-,29+. The summed E-state index contributed by atoms with van der Waals surface area (Å²) in [6.07, 6.45) is 7.57. The van der Waals surface area contributed by atoms with Gasteiger partial charge in [0.25, 0.3) is 11.8 Å². The van der Waals surface area contributed by atoms with Gasteiger partial charge < -0.3 is 25.2 Å². The first-order valence-corrected chi connectivity index (χ1v) is 13.7. The largest absolute Gasteiger partial charge is 0.496 e. The zero-order valence-electron chi connectivity index (χ0n) is 23.3. The van der Waals surface area contributed by atoms with Gasteiger partial charge in [0.05, 0.1) is 24.2 Å². The zero-order chi connectivity index (χ0) is 29.4. The maximum atomic E-state index is 15.0. The fourth-order valence-electron chi connectivity index (χ4n) is 5.41. The van der Waals surface area contributed by atoms with Gasteiger partial charge in [-0.05, 0) is 63.0 Å². The summed E-state index contributed by atoms with van der Waals surface area (Å²) in [5.74, 6) is -2.85. The van der Waals surface area contributed by atoms with Crippen molar-refractivity contribution in [1.82, 2.24) is 19.9 Å². The van der Waals surface area contributed by atoms with Gasteiger partial charge in [0.15, 0.2) is 23.0 Å². The Labute approximate surface area is 236 Å². The molecule has 2 saturated carbocycles. The molecular weight excluding hydrogens is 533 g/mol. The Balaban J connectivity index is 1.38. The minimum absolute atomic E-state index is 0.000884. The number of aromatic nitrogens is 3. The van der Waals surface area contributed by atoms with Crippen LogP contribution in [-0.2, 0) is 4.79 Å². The summed E-state index contributed by atoms with van der Waals surface area (Å²) < 4.78 is 27.5. The first-order chi connectivity index (χ1) is 19.5. The Bertz CT molecular complexity index is 1490. The number of benzene rings is 1. The van der Waals surface area contributed by atoms with Gasteiger partial charge in [0, 0.05) is 25.0 Å². The highest BCUT2D eigenvalue weighted by molar-refractivity contribution is 6.11. The Morgan fingerprint density at radius 3 is 2.49 bits per heavy atom. The van der Waals surface area contributed by atoms with Crippen LogP contribution < -0.4 is 20.1 Å². The molecule has 3 aromatic rings. The van der Waals surface area contributed by atoms with Gasteiger partial charge in [0.1, 0.15) is 11.3 Å². The van der Waals surface area contributed by atoms with Crippen LogP contribution in [0, 0.1) is 16.6 Å². The van der Waals surface area contributed by atoms with E-state index in [4.69, 9.17) is 9.47 Å². The number of carbonyl (C=O) groups excluding carboxylic acids is 2. The average Bonchev–Trinajstić information content (AvgIpc) is 3.30. The van der Waals surface area contributed by atoms with Gasteiger partial charge in [-0.2, -0.15) is 0 Å². The van der Waals surface area contributed by atoms with Crippen molar-refractivity contribution in [2.45, 2.75) is 64.9 Å². The first kappa shape index (κ1) is 28.3. The van der Waals surface area contributed by atoms with Crippen molar-refractivity contribution in [1.29, 1.82) is 0 Å². The van der Waals surface area contributed by atoms with E-state index in [-0.39, 0.29) is 39.5 Å². The van der Waals surface area contributed by atoms with E-state index in [1.165, 1.54) is 23.9 Å². The number of carboxylic acids is 1. The summed E-state index contributed by atoms with van der Waals surface area (Å²) in [5.41, 5.74) is -0.430. The molecule has 1 aromatic carbocycles. The SMILES string of the molecule is COc1cc(F)c(O[C@H]2CC[C@@](C)(C(=O)O)CC2)cc1C(=O)Nc1nn2cccnc2c1C(=O)NCC1(C)CCC1. The lowest BCUT2D eigenvalue weighted by molar-refractivity contribution is -0.150. The highest BCUT2D eigenvalue weighted by atomic mass is 19.1. The van der Waals surface area contributed by atoms with Gasteiger partial charge in [-0.3, -0.25) is 14.4 Å². The Hall–Kier alpha value is -4.22. The lowest BCUT2D eigenvalue weighted by atomic mass is 9.70. The molecule has 0 aliphatic heterocycles. The fourth-order valence-corrected chi connectivity index (χ4v) is 5.41. The molecule has 41 heavy (non-hydrogen) atoms. The maximum absolute atomic E-state index is 15.0. The zero-order valence-corrected chi connectivity index (χ0v) is 23.3. The van der Waals surface area contributed by atoms with Crippen LogP contribution in [0.5, 0.6) is 11.5 Å². The van der Waals surface area contributed by atoms with Gasteiger partial charge in [-0.25, -0.2) is 13.9 Å². The molecule has 0 atom stereocenters. The maximum Gasteiger partial charge on any atom is 0.309 e. The molecule has 2 aliphatic carbocycles. The summed E-state index contributed by atoms with van der Waals surface area (Å²) in [6.45, 7) is 4.30. The van der Waals surface area contributed by atoms with E-state index >= 15 is 0 Å². The van der Waals surface area contributed by atoms with Crippen LogP contribution in [0.25, 0.3) is 5.65 Å². The number of anilines is 1. The number of halogens is 1. The third kappa shape index (κ3) is 5.68. The van der Waals surface area contributed by atoms with Crippen molar-refractivity contribution in [2.75, 3.05) is 19.0 Å². The number of nitrogens with zero attached hydrogens (tertiary/aromatic N) is 3. The molecule has 0 saturated heterocycles. The van der Waals surface area contributed by atoms with Gasteiger partial charge in [0.2, 0.25) is 0 Å². The molecule has 218 valence electrons. The van der Waals surface area contributed by atoms with Crippen LogP contribution >= 0.6 is 0 Å². The minimum atomic E-state index is -0.863. The number of amides is 2. The van der Waals surface area contributed by atoms with Crippen molar-refractivity contribution >= 4 is 29.2 Å². The summed E-state index contributed by atoms with van der Waals surface area (Å²) in [4.78, 5) is 42.6. The van der Waals surface area contributed by atoms with E-state index in [1.807, 2.05) is 0 Å². The number of hydrogen-bond donors (Lipinski definition) is 3. The molecule has 0 unspecified atom stereocenters. The van der Waals surface area contributed by atoms with E-state index in [0.717, 1.165) is 25.3 Å². The molecule has 12 heteroatoms. The van der Waals surface area contributed by atoms with Crippen LogP contribution in [0.3, 0.4) is 0 Å². The highest BCUT2D eigenvalue weighted by Gasteiger charge is 2.38. The summed E-state index contributed by atoms with van der Waals surface area (Å²) in [6, 6.07) is 3.96. The molecule has 3 N–H and O–H groups in total. The number of carboxylic acid groups (broad SMARTS) is 1. The molecule has 0 radical (unpaired) electrons. The minimum Gasteiger partial charge on any atom is -0.496 e. The number of fused-ring (bicyclic) bond motifs is 1. The van der Waals surface area contributed by atoms with E-state index < -0.39 is 35.1 Å². The van der Waals surface area contributed by atoms with Crippen molar-refractivity contribution in [3.63, 3.8) is 0 Å². The average molecular weight is 568 g/mol. The lowest BCUT2D eigenvalue weighted by Gasteiger charge is -2.38. The Morgan fingerprint density at radius 2 is 1.85 bits per heavy atom. The number of nitrogens with one attached hydrogen (secondary N) is 2. The van der Waals surface area contributed by atoms with E-state index in [0.29, 0.717) is 32.2 Å². The van der Waals surface area contributed by atoms with Gasteiger partial charge >= 0.3 is 5.97 Å².